The number of amidine groups is 1. The van der Waals surface area contributed by atoms with Gasteiger partial charge in [0, 0.05) is 17.3 Å². The van der Waals surface area contributed by atoms with Crippen LogP contribution in [0.25, 0.3) is 0 Å². The molecule has 1 amide bonds. The van der Waals surface area contributed by atoms with Crippen LogP contribution in [0.5, 0.6) is 5.75 Å². The van der Waals surface area contributed by atoms with Crippen LogP contribution in [0.3, 0.4) is 0 Å². The molecule has 0 unspecified atom stereocenters. The van der Waals surface area contributed by atoms with E-state index in [9.17, 15) is 22.8 Å². The van der Waals surface area contributed by atoms with Gasteiger partial charge >= 0.3 is 12.1 Å². The fourth-order valence-corrected chi connectivity index (χ4v) is 4.66. The molecule has 1 saturated carbocycles. The molecule has 1 N–H and O–H groups in total. The molecule has 11 heteroatoms. The molecule has 2 aliphatic heterocycles. The van der Waals surface area contributed by atoms with Crippen molar-refractivity contribution in [3.05, 3.63) is 52.2 Å². The van der Waals surface area contributed by atoms with E-state index in [2.05, 4.69) is 10.3 Å². The lowest BCUT2D eigenvalue weighted by molar-refractivity contribution is -0.140. The van der Waals surface area contributed by atoms with Crippen LogP contribution in [0.1, 0.15) is 37.8 Å². The highest BCUT2D eigenvalue weighted by atomic mass is 32.2. The second-order valence-electron chi connectivity index (χ2n) is 7.63. The number of thioether (sulfide) groups is 1. The first-order valence-corrected chi connectivity index (χ1v) is 11.3. The molecular weight excluding hydrogens is 459 g/mol. The third-order valence-corrected chi connectivity index (χ3v) is 6.18. The predicted octanol–water partition coefficient (Wildman–Crippen LogP) is 4.04. The van der Waals surface area contributed by atoms with Gasteiger partial charge in [0.1, 0.15) is 5.75 Å². The summed E-state index contributed by atoms with van der Waals surface area (Å²) in [6.45, 7) is 1.41. The van der Waals surface area contributed by atoms with Gasteiger partial charge in [0.15, 0.2) is 10.9 Å². The molecule has 1 atom stereocenters. The quantitative estimate of drug-likeness (QED) is 0.592. The normalized spacial score (nSPS) is 20.2. The van der Waals surface area contributed by atoms with Crippen LogP contribution in [0, 0.1) is 0 Å². The van der Waals surface area contributed by atoms with E-state index in [1.807, 2.05) is 0 Å². The minimum absolute atomic E-state index is 0.0282. The number of halogens is 3. The number of benzene rings is 1. The summed E-state index contributed by atoms with van der Waals surface area (Å²) in [7, 11) is 1.40. The molecule has 3 aliphatic rings. The van der Waals surface area contributed by atoms with Gasteiger partial charge in [-0.05, 0) is 31.2 Å². The molecule has 1 fully saturated rings. The SMILES string of the molecule is CCOC(=O)C1=C(C(F)(F)F)N=C2SC=C(CC(=O)NC3CC3)N2[C@H]1c1ccccc1OC. The van der Waals surface area contributed by atoms with Crippen LogP contribution in [0.4, 0.5) is 13.2 Å². The Bertz CT molecular complexity index is 1060. The number of hydrogen-bond acceptors (Lipinski definition) is 7. The number of alkyl halides is 3. The van der Waals surface area contributed by atoms with E-state index in [0.717, 1.165) is 24.6 Å². The van der Waals surface area contributed by atoms with Crippen molar-refractivity contribution in [1.82, 2.24) is 10.2 Å². The Morgan fingerprint density at radius 1 is 1.27 bits per heavy atom. The van der Waals surface area contributed by atoms with Crippen LogP contribution in [-0.2, 0) is 14.3 Å². The van der Waals surface area contributed by atoms with Gasteiger partial charge in [0.2, 0.25) is 5.91 Å². The van der Waals surface area contributed by atoms with Crippen molar-refractivity contribution in [3.63, 3.8) is 0 Å². The summed E-state index contributed by atoms with van der Waals surface area (Å²) < 4.78 is 52.6. The Morgan fingerprint density at radius 2 is 2.00 bits per heavy atom. The highest BCUT2D eigenvalue weighted by molar-refractivity contribution is 8.16. The van der Waals surface area contributed by atoms with E-state index in [4.69, 9.17) is 9.47 Å². The Labute approximate surface area is 192 Å². The molecule has 33 heavy (non-hydrogen) atoms. The number of ether oxygens (including phenoxy) is 2. The van der Waals surface area contributed by atoms with Crippen LogP contribution >= 0.6 is 11.8 Å². The number of nitrogens with zero attached hydrogens (tertiary/aromatic N) is 2. The summed E-state index contributed by atoms with van der Waals surface area (Å²) in [5, 5.41) is 4.50. The molecular formula is C22H22F3N3O4S. The van der Waals surface area contributed by atoms with E-state index < -0.39 is 29.5 Å². The van der Waals surface area contributed by atoms with Gasteiger partial charge in [-0.3, -0.25) is 4.79 Å². The number of fused-ring (bicyclic) bond motifs is 1. The lowest BCUT2D eigenvalue weighted by atomic mass is 9.92. The van der Waals surface area contributed by atoms with Gasteiger partial charge in [-0.2, -0.15) is 13.2 Å². The van der Waals surface area contributed by atoms with Crippen LogP contribution < -0.4 is 10.1 Å². The summed E-state index contributed by atoms with van der Waals surface area (Å²) in [5.41, 5.74) is -1.19. The van der Waals surface area contributed by atoms with Crippen molar-refractivity contribution < 1.29 is 32.2 Å². The fourth-order valence-electron chi connectivity index (χ4n) is 3.75. The third kappa shape index (κ3) is 4.73. The first-order valence-electron chi connectivity index (χ1n) is 10.4. The Morgan fingerprint density at radius 3 is 2.64 bits per heavy atom. The topological polar surface area (TPSA) is 80.2 Å². The number of methoxy groups -OCH3 is 1. The lowest BCUT2D eigenvalue weighted by Crippen LogP contribution is -2.40. The number of para-hydroxylation sites is 1. The molecule has 2 heterocycles. The van der Waals surface area contributed by atoms with Crippen LogP contribution in [0.15, 0.2) is 51.6 Å². The number of carbonyl (C=O) groups is 2. The molecule has 0 spiro atoms. The summed E-state index contributed by atoms with van der Waals surface area (Å²) in [6.07, 6.45) is -3.14. The predicted molar refractivity (Wildman–Crippen MR) is 116 cm³/mol. The van der Waals surface area contributed by atoms with Gasteiger partial charge in [-0.25, -0.2) is 9.79 Å². The highest BCUT2D eigenvalue weighted by Gasteiger charge is 2.50. The largest absolute Gasteiger partial charge is 0.496 e. The molecule has 0 saturated heterocycles. The lowest BCUT2D eigenvalue weighted by Gasteiger charge is -2.37. The van der Waals surface area contributed by atoms with Crippen molar-refractivity contribution >= 4 is 28.8 Å². The second kappa shape index (κ2) is 9.12. The first kappa shape index (κ1) is 23.2. The molecule has 7 nitrogen and oxygen atoms in total. The van der Waals surface area contributed by atoms with Crippen molar-refractivity contribution in [2.24, 2.45) is 4.99 Å². The summed E-state index contributed by atoms with van der Waals surface area (Å²) in [4.78, 5) is 30.7. The number of rotatable bonds is 7. The van der Waals surface area contributed by atoms with E-state index >= 15 is 0 Å². The number of aliphatic imine (C=N–C) groups is 1. The number of esters is 1. The molecule has 1 aromatic carbocycles. The van der Waals surface area contributed by atoms with Crippen molar-refractivity contribution in [2.45, 2.75) is 44.4 Å². The second-order valence-corrected chi connectivity index (χ2v) is 8.47. The Balaban J connectivity index is 1.84. The van der Waals surface area contributed by atoms with Crippen molar-refractivity contribution in [3.8, 4) is 5.75 Å². The van der Waals surface area contributed by atoms with E-state index in [0.29, 0.717) is 17.0 Å². The highest BCUT2D eigenvalue weighted by Crippen LogP contribution is 2.49. The zero-order chi connectivity index (χ0) is 23.8. The maximum atomic E-state index is 14.1. The minimum atomic E-state index is -4.89. The summed E-state index contributed by atoms with van der Waals surface area (Å²) in [6, 6.07) is 5.41. The van der Waals surface area contributed by atoms with Crippen LogP contribution in [0.2, 0.25) is 0 Å². The van der Waals surface area contributed by atoms with Gasteiger partial charge in [-0.15, -0.1) is 0 Å². The molecule has 0 radical (unpaired) electrons. The minimum Gasteiger partial charge on any atom is -0.496 e. The molecule has 0 bridgehead atoms. The maximum Gasteiger partial charge on any atom is 0.434 e. The third-order valence-electron chi connectivity index (χ3n) is 5.29. The van der Waals surface area contributed by atoms with Crippen molar-refractivity contribution in [2.75, 3.05) is 13.7 Å². The number of amides is 1. The Hall–Kier alpha value is -2.95. The van der Waals surface area contributed by atoms with Gasteiger partial charge in [0.25, 0.3) is 0 Å². The summed E-state index contributed by atoms with van der Waals surface area (Å²) in [5.74, 6) is -1.07. The van der Waals surface area contributed by atoms with E-state index in [1.54, 1.807) is 29.7 Å². The average Bonchev–Trinajstić information content (AvgIpc) is 3.50. The van der Waals surface area contributed by atoms with Gasteiger partial charge in [-0.1, -0.05) is 30.0 Å². The molecule has 1 aromatic rings. The molecule has 4 rings (SSSR count). The first-order chi connectivity index (χ1) is 15.7. The molecule has 1 aliphatic carbocycles. The summed E-state index contributed by atoms with van der Waals surface area (Å²) >= 11 is 0.977. The smallest absolute Gasteiger partial charge is 0.434 e. The standard InChI is InChI=1S/C22H22F3N3O4S/c1-3-32-20(30)17-18(14-6-4-5-7-15(14)31-2)28-13(10-16(29)26-12-8-9-12)11-33-21(28)27-19(17)22(23,24)25/h4-7,11-12,18H,3,8-10H2,1-2H3,(H,26,29)/t18-/m0/s1. The van der Waals surface area contributed by atoms with Crippen LogP contribution in [-0.4, -0.2) is 47.9 Å². The van der Waals surface area contributed by atoms with E-state index in [1.165, 1.54) is 18.9 Å². The maximum absolute atomic E-state index is 14.1. The van der Waals surface area contributed by atoms with Crippen molar-refractivity contribution in [1.29, 1.82) is 0 Å². The number of allylic oxidation sites excluding steroid dienone is 1. The number of nitrogens with one attached hydrogen (secondary N) is 1. The molecule has 0 aromatic heterocycles. The Kier molecular flexibility index (Phi) is 6.42. The van der Waals surface area contributed by atoms with Gasteiger partial charge in [0.05, 0.1) is 31.8 Å². The molecule has 176 valence electrons. The number of carbonyl (C=O) groups excluding carboxylic acids is 2. The average molecular weight is 481 g/mol. The van der Waals surface area contributed by atoms with E-state index in [-0.39, 0.29) is 30.1 Å². The number of hydrogen-bond donors (Lipinski definition) is 1. The zero-order valence-corrected chi connectivity index (χ0v) is 18.8. The fraction of sp³-hybridized carbons (Fsp3) is 0.409. The van der Waals surface area contributed by atoms with Gasteiger partial charge < -0.3 is 19.7 Å². The monoisotopic (exact) mass is 481 g/mol. The zero-order valence-electron chi connectivity index (χ0n) is 17.9.